The Morgan fingerprint density at radius 2 is 1.69 bits per heavy atom. The molecule has 0 N–H and O–H groups in total. The molecule has 8 nitrogen and oxygen atoms in total. The molecule has 0 spiro atoms. The van der Waals surface area contributed by atoms with Crippen LogP contribution in [0.25, 0.3) is 0 Å². The normalized spacial score (nSPS) is 21.3. The molecule has 148 valence electrons. The fourth-order valence-electron chi connectivity index (χ4n) is 3.79. The molecule has 2 heterocycles. The van der Waals surface area contributed by atoms with Crippen LogP contribution in [0.15, 0.2) is 52.1 Å². The number of nitrogens with zero attached hydrogens (tertiary/aromatic N) is 3. The Kier molecular flexibility index (Phi) is 4.94. The van der Waals surface area contributed by atoms with Gasteiger partial charge in [-0.1, -0.05) is 24.3 Å². The molecule has 1 aromatic heterocycles. The number of carbonyl (C=O) groups excluding carboxylic acids is 4. The highest BCUT2D eigenvalue weighted by molar-refractivity contribution is 6.56. The van der Waals surface area contributed by atoms with E-state index < -0.39 is 17.7 Å². The molecule has 1 fully saturated rings. The first kappa shape index (κ1) is 18.9. The van der Waals surface area contributed by atoms with Crippen molar-refractivity contribution in [3.63, 3.8) is 0 Å². The van der Waals surface area contributed by atoms with E-state index in [9.17, 15) is 19.2 Å². The zero-order valence-electron chi connectivity index (χ0n) is 15.8. The molecule has 1 aromatic carbocycles. The average Bonchev–Trinajstić information content (AvgIpc) is 3.26. The van der Waals surface area contributed by atoms with Gasteiger partial charge < -0.3 is 9.32 Å². The second kappa shape index (κ2) is 7.56. The molecule has 1 saturated heterocycles. The van der Waals surface area contributed by atoms with E-state index in [-0.39, 0.29) is 28.7 Å². The number of rotatable bonds is 2. The maximum absolute atomic E-state index is 13.2. The van der Waals surface area contributed by atoms with E-state index in [2.05, 4.69) is 4.99 Å². The molecule has 1 aliphatic heterocycles. The number of benzene rings is 1. The summed E-state index contributed by atoms with van der Waals surface area (Å²) in [5, 5.41) is 0. The maximum Gasteiger partial charge on any atom is 0.289 e. The summed E-state index contributed by atoms with van der Waals surface area (Å²) in [6, 6.07) is 8.89. The first-order chi connectivity index (χ1) is 14.0. The predicted octanol–water partition coefficient (Wildman–Crippen LogP) is 1.47. The molecule has 2 aliphatic rings. The number of amides is 2. The number of aliphatic imine (C=N–C) groups is 1. The van der Waals surface area contributed by atoms with Crippen LogP contribution < -0.4 is 0 Å². The number of hydrogen-bond acceptors (Lipinski definition) is 6. The van der Waals surface area contributed by atoms with Crippen LogP contribution in [-0.2, 0) is 4.79 Å². The highest BCUT2D eigenvalue weighted by Gasteiger charge is 2.43. The largest absolute Gasteiger partial charge is 0.459 e. The summed E-state index contributed by atoms with van der Waals surface area (Å²) in [5.74, 6) is -1.16. The van der Waals surface area contributed by atoms with E-state index in [4.69, 9.17) is 4.42 Å². The Morgan fingerprint density at radius 3 is 2.31 bits per heavy atom. The van der Waals surface area contributed by atoms with Gasteiger partial charge in [-0.05, 0) is 12.1 Å². The summed E-state index contributed by atoms with van der Waals surface area (Å²) < 4.78 is 5.16. The number of ketones is 2. The molecule has 1 unspecified atom stereocenters. The van der Waals surface area contributed by atoms with Crippen molar-refractivity contribution in [3.05, 3.63) is 59.5 Å². The van der Waals surface area contributed by atoms with Crippen LogP contribution in [0.2, 0.25) is 0 Å². The summed E-state index contributed by atoms with van der Waals surface area (Å²) in [5.41, 5.74) is 0.548. The van der Waals surface area contributed by atoms with Crippen molar-refractivity contribution in [1.29, 1.82) is 0 Å². The highest BCUT2D eigenvalue weighted by atomic mass is 16.3. The standard InChI is InChI=1S/C21H19N3O5/c1-13(25)22-17-18(20(27)15-6-3-2-5-14(15)19(17)26)23-8-10-24(11-9-23)21(28)16-7-4-12-29-16/h2-7,12,18H,8-11H2,1H3. The van der Waals surface area contributed by atoms with Gasteiger partial charge in [0, 0.05) is 44.2 Å². The Hall–Kier alpha value is -3.39. The average molecular weight is 393 g/mol. The summed E-state index contributed by atoms with van der Waals surface area (Å²) in [4.78, 5) is 57.6. The van der Waals surface area contributed by atoms with Gasteiger partial charge in [-0.2, -0.15) is 0 Å². The van der Waals surface area contributed by atoms with Gasteiger partial charge in [0.1, 0.15) is 11.8 Å². The Balaban J connectivity index is 1.60. The molecule has 8 heteroatoms. The van der Waals surface area contributed by atoms with Crippen LogP contribution in [0, 0.1) is 0 Å². The van der Waals surface area contributed by atoms with Crippen LogP contribution in [-0.4, -0.2) is 71.1 Å². The Bertz CT molecular complexity index is 1020. The molecular formula is C21H19N3O5. The van der Waals surface area contributed by atoms with Gasteiger partial charge >= 0.3 is 0 Å². The van der Waals surface area contributed by atoms with E-state index in [1.807, 2.05) is 4.90 Å². The summed E-state index contributed by atoms with van der Waals surface area (Å²) in [6.45, 7) is 2.73. The van der Waals surface area contributed by atoms with Gasteiger partial charge in [0.25, 0.3) is 5.91 Å². The second-order valence-electron chi connectivity index (χ2n) is 6.96. The van der Waals surface area contributed by atoms with Crippen LogP contribution in [0.1, 0.15) is 38.2 Å². The van der Waals surface area contributed by atoms with Crippen molar-refractivity contribution < 1.29 is 23.6 Å². The molecule has 2 aromatic rings. The molecule has 0 saturated carbocycles. The molecule has 1 aliphatic carbocycles. The first-order valence-electron chi connectivity index (χ1n) is 9.31. The van der Waals surface area contributed by atoms with Crippen molar-refractivity contribution in [2.75, 3.05) is 26.2 Å². The molecule has 4 rings (SSSR count). The fraction of sp³-hybridized carbons (Fsp3) is 0.286. The minimum atomic E-state index is -0.929. The van der Waals surface area contributed by atoms with Crippen molar-refractivity contribution >= 4 is 29.1 Å². The highest BCUT2D eigenvalue weighted by Crippen LogP contribution is 2.25. The minimum absolute atomic E-state index is 0.0491. The van der Waals surface area contributed by atoms with E-state index in [1.165, 1.54) is 13.2 Å². The summed E-state index contributed by atoms with van der Waals surface area (Å²) >= 11 is 0. The molecule has 29 heavy (non-hydrogen) atoms. The Labute approximate surface area is 166 Å². The maximum atomic E-state index is 13.2. The van der Waals surface area contributed by atoms with Crippen LogP contribution >= 0.6 is 0 Å². The van der Waals surface area contributed by atoms with Crippen molar-refractivity contribution in [1.82, 2.24) is 9.80 Å². The summed E-state index contributed by atoms with van der Waals surface area (Å²) in [7, 11) is 0. The SMILES string of the molecule is CC(=O)N=C1C(=O)c2ccccc2C(=O)C1N1CCN(C(=O)c2ccco2)CC1. The van der Waals surface area contributed by atoms with Gasteiger partial charge in [0.15, 0.2) is 11.5 Å². The Morgan fingerprint density at radius 1 is 1.00 bits per heavy atom. The van der Waals surface area contributed by atoms with E-state index in [1.54, 1.807) is 41.3 Å². The lowest BCUT2D eigenvalue weighted by Gasteiger charge is -2.39. The van der Waals surface area contributed by atoms with Gasteiger partial charge in [-0.3, -0.25) is 24.1 Å². The van der Waals surface area contributed by atoms with E-state index >= 15 is 0 Å². The quantitative estimate of drug-likeness (QED) is 0.766. The van der Waals surface area contributed by atoms with Gasteiger partial charge in [0.05, 0.1) is 6.26 Å². The number of piperazine rings is 1. The lowest BCUT2D eigenvalue weighted by molar-refractivity contribution is -0.115. The number of hydrogen-bond donors (Lipinski definition) is 0. The zero-order chi connectivity index (χ0) is 20.5. The summed E-state index contributed by atoms with van der Waals surface area (Å²) in [6.07, 6.45) is 1.44. The molecule has 1 atom stereocenters. The molecule has 0 radical (unpaired) electrons. The lowest BCUT2D eigenvalue weighted by atomic mass is 9.83. The van der Waals surface area contributed by atoms with E-state index in [0.717, 1.165) is 0 Å². The predicted molar refractivity (Wildman–Crippen MR) is 103 cm³/mol. The topological polar surface area (TPSA) is 100 Å². The van der Waals surface area contributed by atoms with E-state index in [0.29, 0.717) is 31.7 Å². The lowest BCUT2D eigenvalue weighted by Crippen LogP contribution is -2.59. The van der Waals surface area contributed by atoms with Crippen LogP contribution in [0.3, 0.4) is 0 Å². The molecule has 2 amide bonds. The van der Waals surface area contributed by atoms with Gasteiger partial charge in [-0.25, -0.2) is 4.99 Å². The van der Waals surface area contributed by atoms with Crippen molar-refractivity contribution in [2.24, 2.45) is 4.99 Å². The molecular weight excluding hydrogens is 374 g/mol. The molecule has 0 bridgehead atoms. The van der Waals surface area contributed by atoms with Crippen LogP contribution in [0.4, 0.5) is 0 Å². The fourth-order valence-corrected chi connectivity index (χ4v) is 3.79. The van der Waals surface area contributed by atoms with Gasteiger partial charge in [0.2, 0.25) is 11.7 Å². The smallest absolute Gasteiger partial charge is 0.289 e. The first-order valence-corrected chi connectivity index (χ1v) is 9.31. The third kappa shape index (κ3) is 3.42. The zero-order valence-corrected chi connectivity index (χ0v) is 15.8. The van der Waals surface area contributed by atoms with Crippen molar-refractivity contribution in [3.8, 4) is 0 Å². The minimum Gasteiger partial charge on any atom is -0.459 e. The number of carbonyl (C=O) groups is 4. The third-order valence-electron chi connectivity index (χ3n) is 5.15. The van der Waals surface area contributed by atoms with Crippen LogP contribution in [0.5, 0.6) is 0 Å². The second-order valence-corrected chi connectivity index (χ2v) is 6.96. The third-order valence-corrected chi connectivity index (χ3v) is 5.15. The van der Waals surface area contributed by atoms with Crippen molar-refractivity contribution in [2.45, 2.75) is 13.0 Å². The monoisotopic (exact) mass is 393 g/mol. The number of fused-ring (bicyclic) bond motifs is 1. The van der Waals surface area contributed by atoms with Gasteiger partial charge in [-0.15, -0.1) is 0 Å². The number of Topliss-reactive ketones (excluding diaryl/α,β-unsaturated/α-hetero) is 2. The number of furan rings is 1.